The molecule has 4 nitrogen and oxygen atoms in total. The molecule has 0 aliphatic carbocycles. The third kappa shape index (κ3) is 1.64. The zero-order valence-corrected chi connectivity index (χ0v) is 7.37. The quantitative estimate of drug-likeness (QED) is 0.756. The van der Waals surface area contributed by atoms with Gasteiger partial charge in [-0.2, -0.15) is 5.26 Å². The zero-order chi connectivity index (χ0) is 10.7. The average Bonchev–Trinajstić information content (AvgIpc) is 2.15. The molecule has 0 heterocycles. The van der Waals surface area contributed by atoms with Crippen LogP contribution in [0.15, 0.2) is 12.1 Å². The van der Waals surface area contributed by atoms with Crippen molar-refractivity contribution in [3.63, 3.8) is 0 Å². The van der Waals surface area contributed by atoms with E-state index in [0.29, 0.717) is 0 Å². The Hall–Kier alpha value is -2.09. The number of ether oxygens (including phenoxy) is 1. The molecule has 1 aromatic rings. The highest BCUT2D eigenvalue weighted by Crippen LogP contribution is 2.22. The number of halogens is 1. The van der Waals surface area contributed by atoms with Crippen molar-refractivity contribution < 1.29 is 13.9 Å². The van der Waals surface area contributed by atoms with Crippen LogP contribution in [0.25, 0.3) is 0 Å². The Kier molecular flexibility index (Phi) is 2.67. The number of hydrogen-bond acceptors (Lipinski definition) is 3. The number of methoxy groups -OCH3 is 1. The Labute approximate surface area is 79.7 Å². The van der Waals surface area contributed by atoms with E-state index in [1.54, 1.807) is 6.07 Å². The molecule has 0 saturated heterocycles. The van der Waals surface area contributed by atoms with E-state index in [0.717, 1.165) is 6.07 Å². The van der Waals surface area contributed by atoms with Crippen molar-refractivity contribution in [2.75, 3.05) is 7.11 Å². The number of rotatable bonds is 2. The van der Waals surface area contributed by atoms with Gasteiger partial charge in [0.2, 0.25) is 0 Å². The second kappa shape index (κ2) is 3.75. The van der Waals surface area contributed by atoms with Crippen molar-refractivity contribution in [2.24, 2.45) is 5.73 Å². The summed E-state index contributed by atoms with van der Waals surface area (Å²) in [5.41, 5.74) is 4.67. The summed E-state index contributed by atoms with van der Waals surface area (Å²) >= 11 is 0. The van der Waals surface area contributed by atoms with Crippen LogP contribution in [0.1, 0.15) is 15.9 Å². The second-order valence-electron chi connectivity index (χ2n) is 2.51. The van der Waals surface area contributed by atoms with Crippen LogP contribution in [0.3, 0.4) is 0 Å². The topological polar surface area (TPSA) is 76.1 Å². The summed E-state index contributed by atoms with van der Waals surface area (Å²) in [6.45, 7) is 0. The summed E-state index contributed by atoms with van der Waals surface area (Å²) in [6, 6.07) is 3.92. The molecule has 0 aliphatic heterocycles. The van der Waals surface area contributed by atoms with Gasteiger partial charge in [0.15, 0.2) is 0 Å². The van der Waals surface area contributed by atoms with Crippen LogP contribution < -0.4 is 10.5 Å². The fourth-order valence-corrected chi connectivity index (χ4v) is 1.05. The van der Waals surface area contributed by atoms with Crippen LogP contribution in [0.5, 0.6) is 5.75 Å². The van der Waals surface area contributed by atoms with Gasteiger partial charge in [0.05, 0.1) is 18.7 Å². The fourth-order valence-electron chi connectivity index (χ4n) is 1.05. The molecule has 1 amide bonds. The van der Waals surface area contributed by atoms with E-state index in [9.17, 15) is 9.18 Å². The molecule has 0 fully saturated rings. The first-order valence-corrected chi connectivity index (χ1v) is 3.67. The second-order valence-corrected chi connectivity index (χ2v) is 2.51. The summed E-state index contributed by atoms with van der Waals surface area (Å²) in [7, 11) is 1.27. The number of nitriles is 1. The lowest BCUT2D eigenvalue weighted by molar-refractivity contribution is 0.0993. The predicted molar refractivity (Wildman–Crippen MR) is 46.2 cm³/mol. The molecular weight excluding hydrogens is 187 g/mol. The number of nitrogens with zero attached hydrogens (tertiary/aromatic N) is 1. The third-order valence-electron chi connectivity index (χ3n) is 1.65. The molecule has 0 aromatic heterocycles. The SMILES string of the molecule is COc1cc(C#N)cc(F)c1C(N)=O. The first-order valence-electron chi connectivity index (χ1n) is 3.67. The molecule has 14 heavy (non-hydrogen) atoms. The molecule has 0 atom stereocenters. The third-order valence-corrected chi connectivity index (χ3v) is 1.65. The Morgan fingerprint density at radius 3 is 2.71 bits per heavy atom. The van der Waals surface area contributed by atoms with E-state index in [1.165, 1.54) is 13.2 Å². The number of hydrogen-bond donors (Lipinski definition) is 1. The predicted octanol–water partition coefficient (Wildman–Crippen LogP) is 0.805. The highest BCUT2D eigenvalue weighted by atomic mass is 19.1. The number of benzene rings is 1. The van der Waals surface area contributed by atoms with Crippen molar-refractivity contribution in [1.29, 1.82) is 5.26 Å². The molecule has 0 unspecified atom stereocenters. The van der Waals surface area contributed by atoms with Crippen molar-refractivity contribution >= 4 is 5.91 Å². The first kappa shape index (κ1) is 9.99. The van der Waals surface area contributed by atoms with Gasteiger partial charge in [-0.05, 0) is 12.1 Å². The Bertz CT molecular complexity index is 424. The van der Waals surface area contributed by atoms with E-state index in [2.05, 4.69) is 0 Å². The summed E-state index contributed by atoms with van der Waals surface area (Å²) in [5, 5.41) is 8.52. The lowest BCUT2D eigenvalue weighted by atomic mass is 10.1. The maximum Gasteiger partial charge on any atom is 0.255 e. The van der Waals surface area contributed by atoms with E-state index in [-0.39, 0.29) is 16.9 Å². The molecule has 0 spiro atoms. The maximum atomic E-state index is 13.2. The molecular formula is C9H7FN2O2. The van der Waals surface area contributed by atoms with E-state index in [1.807, 2.05) is 0 Å². The number of amides is 1. The lowest BCUT2D eigenvalue weighted by Gasteiger charge is -2.06. The van der Waals surface area contributed by atoms with E-state index in [4.69, 9.17) is 15.7 Å². The molecule has 0 radical (unpaired) electrons. The van der Waals surface area contributed by atoms with Gasteiger partial charge >= 0.3 is 0 Å². The standard InChI is InChI=1S/C9H7FN2O2/c1-14-7-3-5(4-11)2-6(10)8(7)9(12)13/h2-3H,1H3,(H2,12,13). The van der Waals surface area contributed by atoms with Crippen LogP contribution >= 0.6 is 0 Å². The molecule has 2 N–H and O–H groups in total. The molecule has 72 valence electrons. The number of carbonyl (C=O) groups excluding carboxylic acids is 1. The largest absolute Gasteiger partial charge is 0.496 e. The summed E-state index contributed by atoms with van der Waals surface area (Å²) in [6.07, 6.45) is 0. The van der Waals surface area contributed by atoms with Gasteiger partial charge in [0, 0.05) is 0 Å². The molecule has 0 saturated carbocycles. The van der Waals surface area contributed by atoms with Crippen molar-refractivity contribution in [3.05, 3.63) is 29.1 Å². The van der Waals surface area contributed by atoms with Crippen molar-refractivity contribution in [1.82, 2.24) is 0 Å². The van der Waals surface area contributed by atoms with Crippen LogP contribution in [0, 0.1) is 17.1 Å². The first-order chi connectivity index (χ1) is 6.60. The van der Waals surface area contributed by atoms with E-state index < -0.39 is 11.7 Å². The molecule has 0 aliphatic rings. The number of nitrogens with two attached hydrogens (primary N) is 1. The molecule has 5 heteroatoms. The van der Waals surface area contributed by atoms with Gasteiger partial charge in [0.25, 0.3) is 5.91 Å². The smallest absolute Gasteiger partial charge is 0.255 e. The Balaban J connectivity index is 3.44. The zero-order valence-electron chi connectivity index (χ0n) is 7.37. The van der Waals surface area contributed by atoms with Crippen molar-refractivity contribution in [2.45, 2.75) is 0 Å². The van der Waals surface area contributed by atoms with Gasteiger partial charge in [0.1, 0.15) is 17.1 Å². The summed E-state index contributed by atoms with van der Waals surface area (Å²) in [5.74, 6) is -1.81. The Morgan fingerprint density at radius 2 is 2.29 bits per heavy atom. The summed E-state index contributed by atoms with van der Waals surface area (Å²) < 4.78 is 17.9. The van der Waals surface area contributed by atoms with Gasteiger partial charge < -0.3 is 10.5 Å². The van der Waals surface area contributed by atoms with Gasteiger partial charge in [-0.3, -0.25) is 4.79 Å². The monoisotopic (exact) mass is 194 g/mol. The molecule has 1 aromatic carbocycles. The van der Waals surface area contributed by atoms with Gasteiger partial charge in [-0.25, -0.2) is 4.39 Å². The minimum Gasteiger partial charge on any atom is -0.496 e. The summed E-state index contributed by atoms with van der Waals surface area (Å²) in [4.78, 5) is 10.8. The normalized spacial score (nSPS) is 9.21. The van der Waals surface area contributed by atoms with Crippen LogP contribution in [-0.4, -0.2) is 13.0 Å². The van der Waals surface area contributed by atoms with Gasteiger partial charge in [-0.15, -0.1) is 0 Å². The molecule has 0 bridgehead atoms. The van der Waals surface area contributed by atoms with Crippen LogP contribution in [0.4, 0.5) is 4.39 Å². The minimum atomic E-state index is -0.927. The lowest BCUT2D eigenvalue weighted by Crippen LogP contribution is -2.15. The fraction of sp³-hybridized carbons (Fsp3) is 0.111. The van der Waals surface area contributed by atoms with Crippen LogP contribution in [0.2, 0.25) is 0 Å². The Morgan fingerprint density at radius 1 is 1.64 bits per heavy atom. The van der Waals surface area contributed by atoms with Crippen molar-refractivity contribution in [3.8, 4) is 11.8 Å². The highest BCUT2D eigenvalue weighted by molar-refractivity contribution is 5.96. The number of carbonyl (C=O) groups is 1. The maximum absolute atomic E-state index is 13.2. The van der Waals surface area contributed by atoms with E-state index >= 15 is 0 Å². The highest BCUT2D eigenvalue weighted by Gasteiger charge is 2.16. The molecule has 1 rings (SSSR count). The number of primary amides is 1. The van der Waals surface area contributed by atoms with Crippen LogP contribution in [-0.2, 0) is 0 Å². The average molecular weight is 194 g/mol. The minimum absolute atomic E-state index is 0.0333. The van der Waals surface area contributed by atoms with Gasteiger partial charge in [-0.1, -0.05) is 0 Å².